The Morgan fingerprint density at radius 1 is 1.17 bits per heavy atom. The second-order valence-corrected chi connectivity index (χ2v) is 6.00. The van der Waals surface area contributed by atoms with Gasteiger partial charge in [-0.3, -0.25) is 9.36 Å². The number of hydrogen-bond donors (Lipinski definition) is 0. The number of nitrogens with zero attached hydrogens (tertiary/aromatic N) is 3. The van der Waals surface area contributed by atoms with Gasteiger partial charge in [-0.1, -0.05) is 17.7 Å². The van der Waals surface area contributed by atoms with Gasteiger partial charge in [0.1, 0.15) is 16.7 Å². The quantitative estimate of drug-likeness (QED) is 0.683. The molecule has 0 radical (unpaired) electrons. The maximum absolute atomic E-state index is 14.5. The molecule has 0 unspecified atom stereocenters. The van der Waals surface area contributed by atoms with E-state index in [4.69, 9.17) is 11.6 Å². The maximum Gasteiger partial charge on any atom is 0.264 e. The SMILES string of the molecule is Cc1cc(Cl)ccc1-c1nc(C)c(F)c2c(=O)n(C)c(C)nc12. The molecule has 0 atom stereocenters. The fourth-order valence-corrected chi connectivity index (χ4v) is 2.84. The molecule has 0 aliphatic heterocycles. The van der Waals surface area contributed by atoms with E-state index >= 15 is 0 Å². The lowest BCUT2D eigenvalue weighted by Gasteiger charge is -2.13. The van der Waals surface area contributed by atoms with Crippen LogP contribution in [0.25, 0.3) is 22.2 Å². The standard InChI is InChI=1S/C17H15ClFN3O/c1-8-7-11(18)5-6-12(8)15-16-13(14(19)9(2)20-15)17(23)22(4)10(3)21-16/h5-7H,1-4H3. The predicted molar refractivity (Wildman–Crippen MR) is 89.4 cm³/mol. The molecule has 2 heterocycles. The Kier molecular flexibility index (Phi) is 3.68. The minimum absolute atomic E-state index is 0.0325. The lowest BCUT2D eigenvalue weighted by molar-refractivity contribution is 0.618. The van der Waals surface area contributed by atoms with Gasteiger partial charge in [0.2, 0.25) is 0 Å². The first kappa shape index (κ1) is 15.6. The van der Waals surface area contributed by atoms with Crippen LogP contribution in [0.1, 0.15) is 17.1 Å². The van der Waals surface area contributed by atoms with Gasteiger partial charge in [-0.15, -0.1) is 0 Å². The second-order valence-electron chi connectivity index (χ2n) is 5.57. The summed E-state index contributed by atoms with van der Waals surface area (Å²) in [5, 5.41) is 0.574. The van der Waals surface area contributed by atoms with E-state index in [0.717, 1.165) is 11.1 Å². The molecule has 0 fully saturated rings. The van der Waals surface area contributed by atoms with Gasteiger partial charge >= 0.3 is 0 Å². The summed E-state index contributed by atoms with van der Waals surface area (Å²) in [6.45, 7) is 5.14. The topological polar surface area (TPSA) is 47.8 Å². The number of rotatable bonds is 1. The number of aromatic nitrogens is 3. The van der Waals surface area contributed by atoms with Crippen molar-refractivity contribution < 1.29 is 4.39 Å². The van der Waals surface area contributed by atoms with Crippen LogP contribution >= 0.6 is 11.6 Å². The fraction of sp³-hybridized carbons (Fsp3) is 0.235. The highest BCUT2D eigenvalue weighted by atomic mass is 35.5. The number of fused-ring (bicyclic) bond motifs is 1. The lowest BCUT2D eigenvalue weighted by atomic mass is 10.0. The van der Waals surface area contributed by atoms with E-state index in [2.05, 4.69) is 9.97 Å². The molecule has 0 aliphatic rings. The summed E-state index contributed by atoms with van der Waals surface area (Å²) in [7, 11) is 1.58. The minimum Gasteiger partial charge on any atom is -0.299 e. The van der Waals surface area contributed by atoms with Crippen LogP contribution in [0, 0.1) is 26.6 Å². The number of benzene rings is 1. The first-order valence-corrected chi connectivity index (χ1v) is 7.49. The summed E-state index contributed by atoms with van der Waals surface area (Å²) >= 11 is 6.00. The van der Waals surface area contributed by atoms with Crippen molar-refractivity contribution in [1.29, 1.82) is 0 Å². The smallest absolute Gasteiger partial charge is 0.264 e. The largest absolute Gasteiger partial charge is 0.299 e. The zero-order chi connectivity index (χ0) is 16.9. The molecule has 0 N–H and O–H groups in total. The van der Waals surface area contributed by atoms with Crippen molar-refractivity contribution in [2.24, 2.45) is 7.05 Å². The fourth-order valence-electron chi connectivity index (χ4n) is 2.61. The van der Waals surface area contributed by atoms with Crippen molar-refractivity contribution in [2.75, 3.05) is 0 Å². The minimum atomic E-state index is -0.622. The molecule has 3 rings (SSSR count). The molecule has 23 heavy (non-hydrogen) atoms. The van der Waals surface area contributed by atoms with E-state index in [1.807, 2.05) is 13.0 Å². The Balaban J connectivity index is 2.52. The normalized spacial score (nSPS) is 11.2. The van der Waals surface area contributed by atoms with Crippen molar-refractivity contribution in [3.63, 3.8) is 0 Å². The molecule has 0 amide bonds. The first-order chi connectivity index (χ1) is 10.8. The monoisotopic (exact) mass is 331 g/mol. The lowest BCUT2D eigenvalue weighted by Crippen LogP contribution is -2.22. The van der Waals surface area contributed by atoms with E-state index < -0.39 is 11.4 Å². The van der Waals surface area contributed by atoms with E-state index in [-0.39, 0.29) is 16.6 Å². The molecule has 3 aromatic rings. The van der Waals surface area contributed by atoms with E-state index in [9.17, 15) is 9.18 Å². The summed E-state index contributed by atoms with van der Waals surface area (Å²) in [6.07, 6.45) is 0. The number of hydrogen-bond acceptors (Lipinski definition) is 3. The molecule has 118 valence electrons. The summed E-state index contributed by atoms with van der Waals surface area (Å²) < 4.78 is 15.8. The Bertz CT molecular complexity index is 1010. The van der Waals surface area contributed by atoms with E-state index in [1.54, 1.807) is 33.0 Å². The molecule has 0 spiro atoms. The van der Waals surface area contributed by atoms with Crippen LogP contribution in [0.4, 0.5) is 4.39 Å². The summed E-state index contributed by atoms with van der Waals surface area (Å²) in [5.41, 5.74) is 2.20. The van der Waals surface area contributed by atoms with Crippen molar-refractivity contribution in [1.82, 2.24) is 14.5 Å². The zero-order valence-corrected chi connectivity index (χ0v) is 14.0. The van der Waals surface area contributed by atoms with Crippen LogP contribution in [-0.2, 0) is 7.05 Å². The van der Waals surface area contributed by atoms with Gasteiger partial charge in [0.15, 0.2) is 5.82 Å². The van der Waals surface area contributed by atoms with Crippen molar-refractivity contribution in [2.45, 2.75) is 20.8 Å². The van der Waals surface area contributed by atoms with Crippen LogP contribution in [0.15, 0.2) is 23.0 Å². The molecule has 0 bridgehead atoms. The predicted octanol–water partition coefficient (Wildman–Crippen LogP) is 3.71. The van der Waals surface area contributed by atoms with Crippen LogP contribution < -0.4 is 5.56 Å². The third-order valence-corrected chi connectivity index (χ3v) is 4.23. The number of aryl methyl sites for hydroxylation is 3. The van der Waals surface area contributed by atoms with Crippen LogP contribution in [0.5, 0.6) is 0 Å². The molecule has 1 aromatic carbocycles. The van der Waals surface area contributed by atoms with Crippen LogP contribution in [-0.4, -0.2) is 14.5 Å². The Morgan fingerprint density at radius 2 is 1.87 bits per heavy atom. The van der Waals surface area contributed by atoms with Crippen LogP contribution in [0.2, 0.25) is 5.02 Å². The third kappa shape index (κ3) is 2.41. The summed E-state index contributed by atoms with van der Waals surface area (Å²) in [6, 6.07) is 5.35. The van der Waals surface area contributed by atoms with Gasteiger partial charge in [-0.2, -0.15) is 0 Å². The molecule has 2 aromatic heterocycles. The number of halogens is 2. The van der Waals surface area contributed by atoms with Crippen molar-refractivity contribution >= 4 is 22.5 Å². The molecular weight excluding hydrogens is 317 g/mol. The molecule has 0 saturated carbocycles. The van der Waals surface area contributed by atoms with Crippen LogP contribution in [0.3, 0.4) is 0 Å². The summed E-state index contributed by atoms with van der Waals surface area (Å²) in [5.74, 6) is -0.121. The molecule has 6 heteroatoms. The molecule has 0 saturated heterocycles. The van der Waals surface area contributed by atoms with Gasteiger partial charge in [0.25, 0.3) is 5.56 Å². The highest BCUT2D eigenvalue weighted by Gasteiger charge is 2.19. The molecular formula is C17H15ClFN3O. The van der Waals surface area contributed by atoms with Gasteiger partial charge < -0.3 is 0 Å². The van der Waals surface area contributed by atoms with Gasteiger partial charge in [-0.05, 0) is 38.5 Å². The van der Waals surface area contributed by atoms with Gasteiger partial charge in [0, 0.05) is 17.6 Å². The molecule has 0 aliphatic carbocycles. The van der Waals surface area contributed by atoms with E-state index in [1.165, 1.54) is 4.57 Å². The Hall–Kier alpha value is -2.27. The second kappa shape index (κ2) is 5.42. The Morgan fingerprint density at radius 3 is 2.52 bits per heavy atom. The van der Waals surface area contributed by atoms with Gasteiger partial charge in [0.05, 0.1) is 11.4 Å². The van der Waals surface area contributed by atoms with Crippen molar-refractivity contribution in [3.05, 3.63) is 56.5 Å². The Labute approximate surface area is 137 Å². The van der Waals surface area contributed by atoms with Crippen molar-refractivity contribution in [3.8, 4) is 11.3 Å². The molecule has 4 nitrogen and oxygen atoms in total. The third-order valence-electron chi connectivity index (χ3n) is 4.00. The van der Waals surface area contributed by atoms with E-state index in [0.29, 0.717) is 16.5 Å². The first-order valence-electron chi connectivity index (χ1n) is 7.11. The highest BCUT2D eigenvalue weighted by molar-refractivity contribution is 6.30. The highest BCUT2D eigenvalue weighted by Crippen LogP contribution is 2.30. The zero-order valence-electron chi connectivity index (χ0n) is 13.2. The summed E-state index contributed by atoms with van der Waals surface area (Å²) in [4.78, 5) is 21.2. The number of pyridine rings is 1. The average molecular weight is 332 g/mol. The van der Waals surface area contributed by atoms with Gasteiger partial charge in [-0.25, -0.2) is 14.4 Å². The average Bonchev–Trinajstić information content (AvgIpc) is 2.49. The maximum atomic E-state index is 14.5.